The zero-order valence-corrected chi connectivity index (χ0v) is 13.4. The average molecular weight is 285 g/mol. The van der Waals surface area contributed by atoms with Crippen LogP contribution in [-0.4, -0.2) is 36.4 Å². The number of hydrogen-bond donors (Lipinski definition) is 2. The molecule has 1 rings (SSSR count). The highest BCUT2D eigenvalue weighted by molar-refractivity contribution is 5.77. The quantitative estimate of drug-likeness (QED) is 0.755. The summed E-state index contributed by atoms with van der Waals surface area (Å²) < 4.78 is 5.64. The first-order chi connectivity index (χ1) is 9.33. The van der Waals surface area contributed by atoms with E-state index >= 15 is 0 Å². The van der Waals surface area contributed by atoms with Crippen molar-refractivity contribution in [3.8, 4) is 0 Å². The summed E-state index contributed by atoms with van der Waals surface area (Å²) in [5, 5.41) is 13.0. The van der Waals surface area contributed by atoms with Gasteiger partial charge in [0.15, 0.2) is 0 Å². The number of ether oxygens (including phenoxy) is 1. The lowest BCUT2D eigenvalue weighted by Crippen LogP contribution is -2.44. The van der Waals surface area contributed by atoms with E-state index in [0.717, 1.165) is 12.8 Å². The van der Waals surface area contributed by atoms with Crippen LogP contribution >= 0.6 is 0 Å². The molecule has 0 aromatic heterocycles. The maximum absolute atomic E-state index is 11.8. The number of rotatable bonds is 7. The van der Waals surface area contributed by atoms with Crippen LogP contribution < -0.4 is 5.32 Å². The molecule has 0 aliphatic heterocycles. The SMILES string of the molecule is CC(C)C(O)C(C)(C)CNC(=O)COC1CCCCC1. The third-order valence-electron chi connectivity index (χ3n) is 4.18. The molecule has 0 saturated heterocycles. The molecular weight excluding hydrogens is 254 g/mol. The van der Waals surface area contributed by atoms with E-state index in [-0.39, 0.29) is 30.0 Å². The van der Waals surface area contributed by atoms with Crippen molar-refractivity contribution in [2.45, 2.75) is 72.0 Å². The van der Waals surface area contributed by atoms with Crippen molar-refractivity contribution in [2.75, 3.05) is 13.2 Å². The van der Waals surface area contributed by atoms with Gasteiger partial charge in [0.1, 0.15) is 6.61 Å². The molecule has 4 heteroatoms. The lowest BCUT2D eigenvalue weighted by Gasteiger charge is -2.33. The second kappa shape index (κ2) is 7.99. The molecule has 1 fully saturated rings. The van der Waals surface area contributed by atoms with Gasteiger partial charge in [0.25, 0.3) is 0 Å². The molecule has 0 aromatic carbocycles. The molecule has 0 radical (unpaired) electrons. The minimum absolute atomic E-state index is 0.0837. The smallest absolute Gasteiger partial charge is 0.246 e. The van der Waals surface area contributed by atoms with E-state index in [1.165, 1.54) is 19.3 Å². The van der Waals surface area contributed by atoms with E-state index in [9.17, 15) is 9.90 Å². The lowest BCUT2D eigenvalue weighted by atomic mass is 9.81. The molecule has 1 atom stereocenters. The number of nitrogens with one attached hydrogen (secondary N) is 1. The number of carbonyl (C=O) groups excluding carboxylic acids is 1. The molecule has 0 spiro atoms. The van der Waals surface area contributed by atoms with Crippen molar-refractivity contribution < 1.29 is 14.6 Å². The number of carbonyl (C=O) groups is 1. The van der Waals surface area contributed by atoms with E-state index in [0.29, 0.717) is 6.54 Å². The fourth-order valence-corrected chi connectivity index (χ4v) is 2.81. The molecule has 20 heavy (non-hydrogen) atoms. The maximum Gasteiger partial charge on any atom is 0.246 e. The number of hydrogen-bond acceptors (Lipinski definition) is 3. The second-order valence-corrected chi connectivity index (χ2v) is 7.03. The molecule has 1 aliphatic rings. The molecule has 0 heterocycles. The molecule has 1 amide bonds. The zero-order chi connectivity index (χ0) is 15.2. The third kappa shape index (κ3) is 5.80. The van der Waals surface area contributed by atoms with Crippen molar-refractivity contribution in [1.29, 1.82) is 0 Å². The summed E-state index contributed by atoms with van der Waals surface area (Å²) in [4.78, 5) is 11.8. The van der Waals surface area contributed by atoms with Crippen molar-refractivity contribution in [2.24, 2.45) is 11.3 Å². The Morgan fingerprint density at radius 1 is 1.30 bits per heavy atom. The second-order valence-electron chi connectivity index (χ2n) is 7.03. The maximum atomic E-state index is 11.8. The van der Waals surface area contributed by atoms with Crippen LogP contribution in [0.1, 0.15) is 59.8 Å². The Labute approximate surface area is 123 Å². The van der Waals surface area contributed by atoms with E-state index in [1.807, 2.05) is 27.7 Å². The Kier molecular flexibility index (Phi) is 6.96. The number of aliphatic hydroxyl groups is 1. The fourth-order valence-electron chi connectivity index (χ4n) is 2.81. The predicted octanol–water partition coefficient (Wildman–Crippen LogP) is 2.50. The first-order valence-electron chi connectivity index (χ1n) is 7.89. The summed E-state index contributed by atoms with van der Waals surface area (Å²) in [5.74, 6) is 0.0972. The molecule has 1 aliphatic carbocycles. The minimum Gasteiger partial charge on any atom is -0.392 e. The van der Waals surface area contributed by atoms with Gasteiger partial charge >= 0.3 is 0 Å². The van der Waals surface area contributed by atoms with Crippen LogP contribution in [0.25, 0.3) is 0 Å². The Balaban J connectivity index is 2.24. The highest BCUT2D eigenvalue weighted by atomic mass is 16.5. The summed E-state index contributed by atoms with van der Waals surface area (Å²) >= 11 is 0. The molecule has 0 aromatic rings. The molecule has 1 saturated carbocycles. The summed E-state index contributed by atoms with van der Waals surface area (Å²) in [6.45, 7) is 8.53. The van der Waals surface area contributed by atoms with Crippen LogP contribution in [0, 0.1) is 11.3 Å². The van der Waals surface area contributed by atoms with E-state index in [1.54, 1.807) is 0 Å². The zero-order valence-electron chi connectivity index (χ0n) is 13.4. The van der Waals surface area contributed by atoms with Gasteiger partial charge in [0, 0.05) is 12.0 Å². The van der Waals surface area contributed by atoms with Gasteiger partial charge in [-0.15, -0.1) is 0 Å². The monoisotopic (exact) mass is 285 g/mol. The Bertz CT molecular complexity index is 296. The third-order valence-corrected chi connectivity index (χ3v) is 4.18. The van der Waals surface area contributed by atoms with E-state index in [4.69, 9.17) is 4.74 Å². The first-order valence-corrected chi connectivity index (χ1v) is 7.89. The standard InChI is InChI=1S/C16H31NO3/c1-12(2)15(19)16(3,4)11-17-14(18)10-20-13-8-6-5-7-9-13/h12-13,15,19H,5-11H2,1-4H3,(H,17,18). The topological polar surface area (TPSA) is 58.6 Å². The fraction of sp³-hybridized carbons (Fsp3) is 0.938. The van der Waals surface area contributed by atoms with Gasteiger partial charge in [-0.2, -0.15) is 0 Å². The molecule has 1 unspecified atom stereocenters. The predicted molar refractivity (Wildman–Crippen MR) is 80.5 cm³/mol. The molecule has 2 N–H and O–H groups in total. The Morgan fingerprint density at radius 3 is 2.45 bits per heavy atom. The first kappa shape index (κ1) is 17.4. The normalized spacial score (nSPS) is 19.1. The molecule has 118 valence electrons. The van der Waals surface area contributed by atoms with Crippen LogP contribution in [-0.2, 0) is 9.53 Å². The lowest BCUT2D eigenvalue weighted by molar-refractivity contribution is -0.129. The van der Waals surface area contributed by atoms with Crippen molar-refractivity contribution >= 4 is 5.91 Å². The Morgan fingerprint density at radius 2 is 1.90 bits per heavy atom. The van der Waals surface area contributed by atoms with Crippen LogP contribution in [0.5, 0.6) is 0 Å². The Hall–Kier alpha value is -0.610. The van der Waals surface area contributed by atoms with Gasteiger partial charge in [-0.05, 0) is 18.8 Å². The minimum atomic E-state index is -0.429. The number of aliphatic hydroxyl groups excluding tert-OH is 1. The van der Waals surface area contributed by atoms with Crippen LogP contribution in [0.4, 0.5) is 0 Å². The van der Waals surface area contributed by atoms with Gasteiger partial charge in [0.2, 0.25) is 5.91 Å². The van der Waals surface area contributed by atoms with Crippen molar-refractivity contribution in [3.63, 3.8) is 0 Å². The van der Waals surface area contributed by atoms with Gasteiger partial charge in [-0.1, -0.05) is 47.0 Å². The largest absolute Gasteiger partial charge is 0.392 e. The van der Waals surface area contributed by atoms with E-state index < -0.39 is 6.10 Å². The van der Waals surface area contributed by atoms with E-state index in [2.05, 4.69) is 5.32 Å². The van der Waals surface area contributed by atoms with Crippen LogP contribution in [0.15, 0.2) is 0 Å². The summed E-state index contributed by atoms with van der Waals surface area (Å²) in [7, 11) is 0. The summed E-state index contributed by atoms with van der Waals surface area (Å²) in [6, 6.07) is 0. The number of amides is 1. The van der Waals surface area contributed by atoms with Crippen molar-refractivity contribution in [3.05, 3.63) is 0 Å². The average Bonchev–Trinajstić information content (AvgIpc) is 2.43. The summed E-state index contributed by atoms with van der Waals surface area (Å²) in [6.07, 6.45) is 5.67. The molecule has 4 nitrogen and oxygen atoms in total. The van der Waals surface area contributed by atoms with Gasteiger partial charge in [-0.25, -0.2) is 0 Å². The van der Waals surface area contributed by atoms with Crippen LogP contribution in [0.2, 0.25) is 0 Å². The van der Waals surface area contributed by atoms with Gasteiger partial charge < -0.3 is 15.2 Å². The highest BCUT2D eigenvalue weighted by Gasteiger charge is 2.30. The molecular formula is C16H31NO3. The van der Waals surface area contributed by atoms with Crippen molar-refractivity contribution in [1.82, 2.24) is 5.32 Å². The highest BCUT2D eigenvalue weighted by Crippen LogP contribution is 2.25. The van der Waals surface area contributed by atoms with Gasteiger partial charge in [-0.3, -0.25) is 4.79 Å². The summed E-state index contributed by atoms with van der Waals surface area (Å²) in [5.41, 5.74) is -0.325. The van der Waals surface area contributed by atoms with Gasteiger partial charge in [0.05, 0.1) is 12.2 Å². The van der Waals surface area contributed by atoms with Crippen LogP contribution in [0.3, 0.4) is 0 Å². The molecule has 0 bridgehead atoms.